The van der Waals surface area contributed by atoms with E-state index in [4.69, 9.17) is 4.74 Å². The highest BCUT2D eigenvalue weighted by Gasteiger charge is 2.27. The van der Waals surface area contributed by atoms with Crippen LogP contribution in [0.3, 0.4) is 0 Å². The molecule has 1 aromatic heterocycles. The van der Waals surface area contributed by atoms with Crippen LogP contribution < -0.4 is 5.32 Å². The second kappa shape index (κ2) is 10.8. The van der Waals surface area contributed by atoms with Crippen LogP contribution in [0.5, 0.6) is 0 Å². The van der Waals surface area contributed by atoms with Crippen molar-refractivity contribution < 1.29 is 9.53 Å². The van der Waals surface area contributed by atoms with Crippen molar-refractivity contribution in [1.29, 1.82) is 0 Å². The minimum absolute atomic E-state index is 0.127. The van der Waals surface area contributed by atoms with Crippen molar-refractivity contribution >= 4 is 32.7 Å². The molecule has 0 spiro atoms. The highest BCUT2D eigenvalue weighted by Crippen LogP contribution is 2.37. The lowest BCUT2D eigenvalue weighted by atomic mass is 9.90. The molecule has 1 amide bonds. The van der Waals surface area contributed by atoms with Crippen LogP contribution in [0.15, 0.2) is 46.9 Å². The number of aromatic nitrogens is 1. The van der Waals surface area contributed by atoms with Crippen LogP contribution in [0.25, 0.3) is 10.9 Å². The Hall–Kier alpha value is -2.19. The molecule has 1 aliphatic heterocycles. The Morgan fingerprint density at radius 1 is 1.17 bits per heavy atom. The quantitative estimate of drug-likeness (QED) is 0.446. The lowest BCUT2D eigenvalue weighted by Gasteiger charge is -2.34. The zero-order chi connectivity index (χ0) is 24.4. The van der Waals surface area contributed by atoms with Crippen LogP contribution in [0, 0.1) is 0 Å². The zero-order valence-electron chi connectivity index (χ0n) is 20.6. The molecule has 0 saturated carbocycles. The van der Waals surface area contributed by atoms with Crippen LogP contribution >= 0.6 is 15.9 Å². The van der Waals surface area contributed by atoms with Gasteiger partial charge in [0.1, 0.15) is 0 Å². The molecule has 1 saturated heterocycles. The Kier molecular flexibility index (Phi) is 7.58. The Morgan fingerprint density at radius 2 is 1.94 bits per heavy atom. The molecule has 1 aliphatic carbocycles. The number of ether oxygens (including phenoxy) is 1. The molecule has 2 N–H and O–H groups in total. The maximum absolute atomic E-state index is 11.6. The number of fused-ring (bicyclic) bond motifs is 3. The average molecular weight is 540 g/mol. The third-order valence-corrected chi connectivity index (χ3v) is 8.00. The van der Waals surface area contributed by atoms with E-state index in [0.717, 1.165) is 50.0 Å². The number of nitrogens with one attached hydrogen (secondary N) is 2. The number of H-pyrrole nitrogens is 1. The van der Waals surface area contributed by atoms with Gasteiger partial charge in [-0.2, -0.15) is 0 Å². The number of piperazine rings is 1. The fourth-order valence-electron chi connectivity index (χ4n) is 5.59. The first-order valence-corrected chi connectivity index (χ1v) is 13.4. The highest BCUT2D eigenvalue weighted by atomic mass is 79.9. The first kappa shape index (κ1) is 24.5. The molecule has 2 heterocycles. The van der Waals surface area contributed by atoms with Gasteiger partial charge in [0, 0.05) is 73.9 Å². The largest absolute Gasteiger partial charge is 0.383 e. The fourth-order valence-corrected chi connectivity index (χ4v) is 5.95. The van der Waals surface area contributed by atoms with Gasteiger partial charge >= 0.3 is 0 Å². The molecule has 0 radical (unpaired) electrons. The number of rotatable bonds is 7. The monoisotopic (exact) mass is 538 g/mol. The Balaban J connectivity index is 1.28. The van der Waals surface area contributed by atoms with Gasteiger partial charge in [0.05, 0.1) is 12.6 Å². The molecular weight excluding hydrogens is 504 g/mol. The summed E-state index contributed by atoms with van der Waals surface area (Å²) in [7, 11) is 1.77. The van der Waals surface area contributed by atoms with Gasteiger partial charge in [-0.05, 0) is 54.2 Å². The Morgan fingerprint density at radius 3 is 2.66 bits per heavy atom. The van der Waals surface area contributed by atoms with E-state index in [1.54, 1.807) is 14.0 Å². The van der Waals surface area contributed by atoms with Crippen LogP contribution in [0.4, 0.5) is 0 Å². The number of carbonyl (C=O) groups excluding carboxylic acids is 1. The van der Waals surface area contributed by atoms with Gasteiger partial charge in [-0.15, -0.1) is 0 Å². The second-order valence-electron chi connectivity index (χ2n) is 9.85. The van der Waals surface area contributed by atoms with Gasteiger partial charge in [-0.25, -0.2) is 0 Å². The fraction of sp³-hybridized carbons (Fsp3) is 0.464. The van der Waals surface area contributed by atoms with E-state index in [-0.39, 0.29) is 18.0 Å². The number of halogens is 1. The van der Waals surface area contributed by atoms with Gasteiger partial charge in [0.15, 0.2) is 0 Å². The van der Waals surface area contributed by atoms with E-state index in [1.165, 1.54) is 39.7 Å². The second-order valence-corrected chi connectivity index (χ2v) is 10.8. The van der Waals surface area contributed by atoms with Crippen molar-refractivity contribution in [3.8, 4) is 0 Å². The summed E-state index contributed by atoms with van der Waals surface area (Å²) in [6.45, 7) is 6.71. The molecule has 2 aliphatic rings. The predicted octanol–water partition coefficient (Wildman–Crippen LogP) is 4.95. The van der Waals surface area contributed by atoms with E-state index in [0.29, 0.717) is 6.61 Å². The number of benzene rings is 2. The third kappa shape index (κ3) is 5.48. The molecule has 2 atom stereocenters. The Bertz CT molecular complexity index is 1170. The number of hydrogen-bond donors (Lipinski definition) is 2. The van der Waals surface area contributed by atoms with E-state index >= 15 is 0 Å². The number of methoxy groups -OCH3 is 1. The zero-order valence-corrected chi connectivity index (χ0v) is 22.2. The smallest absolute Gasteiger partial charge is 0.219 e. The summed E-state index contributed by atoms with van der Waals surface area (Å²) in [5.74, 6) is 0.177. The van der Waals surface area contributed by atoms with Crippen molar-refractivity contribution in [3.05, 3.63) is 69.3 Å². The van der Waals surface area contributed by atoms with Crippen LogP contribution in [-0.4, -0.2) is 60.6 Å². The van der Waals surface area contributed by atoms with E-state index < -0.39 is 0 Å². The average Bonchev–Trinajstić information content (AvgIpc) is 3.23. The van der Waals surface area contributed by atoms with Crippen molar-refractivity contribution in [2.45, 2.75) is 44.8 Å². The van der Waals surface area contributed by atoms with Gasteiger partial charge in [0.25, 0.3) is 0 Å². The Labute approximate surface area is 216 Å². The number of amides is 1. The van der Waals surface area contributed by atoms with E-state index in [1.807, 2.05) is 4.90 Å². The highest BCUT2D eigenvalue weighted by molar-refractivity contribution is 9.10. The number of nitrogens with zero attached hydrogens (tertiary/aromatic N) is 2. The molecule has 7 heteroatoms. The van der Waals surface area contributed by atoms with Crippen LogP contribution in [0.1, 0.15) is 54.2 Å². The van der Waals surface area contributed by atoms with Crippen molar-refractivity contribution in [1.82, 2.24) is 20.1 Å². The minimum Gasteiger partial charge on any atom is -0.383 e. The lowest BCUT2D eigenvalue weighted by Crippen LogP contribution is -2.47. The van der Waals surface area contributed by atoms with E-state index in [9.17, 15) is 4.79 Å². The molecule has 0 bridgehead atoms. The maximum atomic E-state index is 11.6. The first-order valence-electron chi connectivity index (χ1n) is 12.6. The summed E-state index contributed by atoms with van der Waals surface area (Å²) in [5.41, 5.74) is 6.54. The van der Waals surface area contributed by atoms with Crippen molar-refractivity contribution in [2.24, 2.45) is 0 Å². The minimum atomic E-state index is 0.127. The molecule has 2 aromatic carbocycles. The van der Waals surface area contributed by atoms with Gasteiger partial charge in [-0.3, -0.25) is 15.0 Å². The third-order valence-electron chi connectivity index (χ3n) is 7.51. The molecule has 186 valence electrons. The SMILES string of the molecule is COCC(N[C@@H]1CCCc2c1[nH]c1ccc(Br)cc21)c1ccc(CN2CCN(C(C)=O)CC2)cc1. The van der Waals surface area contributed by atoms with Crippen molar-refractivity contribution in [3.63, 3.8) is 0 Å². The molecule has 3 aromatic rings. The molecule has 1 unspecified atom stereocenters. The van der Waals surface area contributed by atoms with Gasteiger partial charge in [-0.1, -0.05) is 40.2 Å². The van der Waals surface area contributed by atoms with Gasteiger partial charge in [0.2, 0.25) is 5.91 Å². The number of carbonyl (C=O) groups is 1. The normalized spacial score (nSPS) is 19.6. The van der Waals surface area contributed by atoms with Crippen molar-refractivity contribution in [2.75, 3.05) is 39.9 Å². The predicted molar refractivity (Wildman–Crippen MR) is 143 cm³/mol. The summed E-state index contributed by atoms with van der Waals surface area (Å²) in [6.07, 6.45) is 3.42. The standard InChI is InChI=1S/C28H35BrN4O2/c1-19(34)33-14-12-32(13-15-33)17-20-6-8-21(9-7-20)27(18-35-2)30-26-5-3-4-23-24-16-22(29)10-11-25(24)31-28(23)26/h6-11,16,26-27,30-31H,3-5,12-15,17-18H2,1-2H3/t26-,27?/m1/s1. The topological polar surface area (TPSA) is 60.6 Å². The molecule has 1 fully saturated rings. The van der Waals surface area contributed by atoms with Crippen LogP contribution in [0.2, 0.25) is 0 Å². The molecular formula is C28H35BrN4O2. The van der Waals surface area contributed by atoms with Crippen LogP contribution in [-0.2, 0) is 22.5 Å². The number of aromatic amines is 1. The molecule has 5 rings (SSSR count). The summed E-state index contributed by atoms with van der Waals surface area (Å²) >= 11 is 3.63. The lowest BCUT2D eigenvalue weighted by molar-refractivity contribution is -0.130. The maximum Gasteiger partial charge on any atom is 0.219 e. The van der Waals surface area contributed by atoms with E-state index in [2.05, 4.69) is 73.6 Å². The van der Waals surface area contributed by atoms with Gasteiger partial charge < -0.3 is 14.6 Å². The molecule has 6 nitrogen and oxygen atoms in total. The number of hydrogen-bond acceptors (Lipinski definition) is 4. The summed E-state index contributed by atoms with van der Waals surface area (Å²) in [5, 5.41) is 5.24. The summed E-state index contributed by atoms with van der Waals surface area (Å²) < 4.78 is 6.75. The first-order chi connectivity index (χ1) is 17.0. The molecule has 35 heavy (non-hydrogen) atoms. The summed E-state index contributed by atoms with van der Waals surface area (Å²) in [4.78, 5) is 19.6. The summed E-state index contributed by atoms with van der Waals surface area (Å²) in [6, 6.07) is 15.9. The number of aryl methyl sites for hydroxylation is 1.